The van der Waals surface area contributed by atoms with Crippen LogP contribution in [0.5, 0.6) is 0 Å². The van der Waals surface area contributed by atoms with Gasteiger partial charge in [-0.3, -0.25) is 0 Å². The molecule has 0 amide bonds. The first-order valence-corrected chi connectivity index (χ1v) is 7.22. The third-order valence-electron chi connectivity index (χ3n) is 3.34. The van der Waals surface area contributed by atoms with E-state index in [0.29, 0.717) is 5.92 Å². The van der Waals surface area contributed by atoms with Gasteiger partial charge in [0.2, 0.25) is 0 Å². The topological polar surface area (TPSA) is 31.9 Å². The number of nitrogens with zero attached hydrogens (tertiary/aromatic N) is 2. The Morgan fingerprint density at radius 1 is 1.28 bits per heavy atom. The molecule has 0 spiro atoms. The minimum absolute atomic E-state index is 0.429. The van der Waals surface area contributed by atoms with Crippen LogP contribution in [0.3, 0.4) is 0 Å². The number of aromatic amines is 1. The van der Waals surface area contributed by atoms with Gasteiger partial charge in [0.05, 0.1) is 0 Å². The fourth-order valence-corrected chi connectivity index (χ4v) is 2.76. The highest BCUT2D eigenvalue weighted by Gasteiger charge is 2.09. The van der Waals surface area contributed by atoms with Gasteiger partial charge in [-0.2, -0.15) is 0 Å². The molecule has 4 heteroatoms. The first-order valence-electron chi connectivity index (χ1n) is 6.81. The van der Waals surface area contributed by atoms with E-state index in [-0.39, 0.29) is 0 Å². The predicted octanol–water partition coefficient (Wildman–Crippen LogP) is 3.46. The van der Waals surface area contributed by atoms with Crippen LogP contribution in [0.15, 0.2) is 0 Å². The Labute approximate surface area is 116 Å². The highest BCUT2D eigenvalue weighted by molar-refractivity contribution is 7.71. The Hall–Kier alpha value is -0.740. The fourth-order valence-electron chi connectivity index (χ4n) is 2.26. The average Bonchev–Trinajstić information content (AvgIpc) is 2.28. The van der Waals surface area contributed by atoms with E-state index in [1.165, 1.54) is 11.3 Å². The molecule has 0 bridgehead atoms. The van der Waals surface area contributed by atoms with Gasteiger partial charge in [0.1, 0.15) is 10.5 Å². The van der Waals surface area contributed by atoms with Crippen LogP contribution < -0.4 is 0 Å². The van der Waals surface area contributed by atoms with Crippen LogP contribution >= 0.6 is 12.2 Å². The maximum Gasteiger partial charge on any atom is 0.133 e. The van der Waals surface area contributed by atoms with Gasteiger partial charge in [-0.1, -0.05) is 39.9 Å². The van der Waals surface area contributed by atoms with Gasteiger partial charge in [0.25, 0.3) is 0 Å². The van der Waals surface area contributed by atoms with Crippen LogP contribution in [-0.2, 0) is 6.42 Å². The van der Waals surface area contributed by atoms with E-state index >= 15 is 0 Å². The monoisotopic (exact) mass is 267 g/mol. The molecule has 102 valence electrons. The molecule has 3 nitrogen and oxygen atoms in total. The van der Waals surface area contributed by atoms with Crippen LogP contribution in [0, 0.1) is 11.6 Å². The van der Waals surface area contributed by atoms with Crippen molar-refractivity contribution in [3.05, 3.63) is 21.7 Å². The van der Waals surface area contributed by atoms with Gasteiger partial charge in [-0.15, -0.1) is 0 Å². The number of rotatable bonds is 6. The molecule has 0 radical (unpaired) electrons. The summed E-state index contributed by atoms with van der Waals surface area (Å²) in [6.45, 7) is 14.0. The molecule has 18 heavy (non-hydrogen) atoms. The van der Waals surface area contributed by atoms with E-state index in [4.69, 9.17) is 12.2 Å². The number of aryl methyl sites for hydroxylation is 1. The lowest BCUT2D eigenvalue weighted by atomic mass is 10.0. The first kappa shape index (κ1) is 15.3. The van der Waals surface area contributed by atoms with E-state index in [1.807, 2.05) is 0 Å². The van der Waals surface area contributed by atoms with Crippen molar-refractivity contribution in [2.45, 2.75) is 47.0 Å². The number of hydrogen-bond acceptors (Lipinski definition) is 3. The summed E-state index contributed by atoms with van der Waals surface area (Å²) in [5.41, 5.74) is 2.34. The maximum absolute atomic E-state index is 5.40. The lowest BCUT2D eigenvalue weighted by molar-refractivity contribution is 0.305. The van der Waals surface area contributed by atoms with Gasteiger partial charge in [-0.05, 0) is 25.9 Å². The summed E-state index contributed by atoms with van der Waals surface area (Å²) in [6.07, 6.45) is 0.935. The second-order valence-electron chi connectivity index (χ2n) is 4.96. The summed E-state index contributed by atoms with van der Waals surface area (Å²) >= 11 is 5.40. The van der Waals surface area contributed by atoms with Crippen LogP contribution in [0.25, 0.3) is 0 Å². The Morgan fingerprint density at radius 3 is 2.33 bits per heavy atom. The zero-order chi connectivity index (χ0) is 13.7. The highest BCUT2D eigenvalue weighted by Crippen LogP contribution is 2.18. The third kappa shape index (κ3) is 3.89. The standard InChI is InChI=1S/C14H25N3S/c1-6-17(7-2)9-8-12-15-11(5)13(10(3)4)14(18)16-12/h10H,6-9H2,1-5H3,(H,15,16,18). The molecule has 1 aromatic heterocycles. The lowest BCUT2D eigenvalue weighted by Gasteiger charge is -2.18. The minimum atomic E-state index is 0.429. The lowest BCUT2D eigenvalue weighted by Crippen LogP contribution is -2.26. The van der Waals surface area contributed by atoms with E-state index in [2.05, 4.69) is 49.5 Å². The van der Waals surface area contributed by atoms with Crippen molar-refractivity contribution >= 4 is 12.2 Å². The summed E-state index contributed by atoms with van der Waals surface area (Å²) in [4.78, 5) is 10.3. The molecule has 0 saturated carbocycles. The smallest absolute Gasteiger partial charge is 0.133 e. The van der Waals surface area contributed by atoms with E-state index in [1.54, 1.807) is 0 Å². The molecule has 1 aromatic rings. The van der Waals surface area contributed by atoms with Gasteiger partial charge in [-0.25, -0.2) is 4.98 Å². The second kappa shape index (κ2) is 7.00. The molecule has 0 aliphatic carbocycles. The molecule has 0 aromatic carbocycles. The molecule has 0 fully saturated rings. The Balaban J connectivity index is 2.84. The normalized spacial score (nSPS) is 11.5. The average molecular weight is 267 g/mol. The van der Waals surface area contributed by atoms with E-state index < -0.39 is 0 Å². The maximum atomic E-state index is 5.40. The van der Waals surface area contributed by atoms with Gasteiger partial charge < -0.3 is 9.88 Å². The number of H-pyrrole nitrogens is 1. The SMILES string of the molecule is CCN(CC)CCc1nc(=S)c(C(C)C)c(C)[nH]1. The van der Waals surface area contributed by atoms with Crippen molar-refractivity contribution in [1.82, 2.24) is 14.9 Å². The van der Waals surface area contributed by atoms with Gasteiger partial charge >= 0.3 is 0 Å². The van der Waals surface area contributed by atoms with E-state index in [0.717, 1.165) is 36.5 Å². The summed E-state index contributed by atoms with van der Waals surface area (Å²) < 4.78 is 0.760. The molecular formula is C14H25N3S. The van der Waals surface area contributed by atoms with Crippen molar-refractivity contribution in [3.8, 4) is 0 Å². The Morgan fingerprint density at radius 2 is 1.89 bits per heavy atom. The molecule has 0 aliphatic heterocycles. The van der Waals surface area contributed by atoms with Crippen LogP contribution in [0.2, 0.25) is 0 Å². The van der Waals surface area contributed by atoms with E-state index in [9.17, 15) is 0 Å². The van der Waals surface area contributed by atoms with Crippen molar-refractivity contribution in [3.63, 3.8) is 0 Å². The van der Waals surface area contributed by atoms with Crippen molar-refractivity contribution < 1.29 is 0 Å². The van der Waals surface area contributed by atoms with Gasteiger partial charge in [0.15, 0.2) is 0 Å². The van der Waals surface area contributed by atoms with Crippen molar-refractivity contribution in [2.24, 2.45) is 0 Å². The quantitative estimate of drug-likeness (QED) is 0.801. The summed E-state index contributed by atoms with van der Waals surface area (Å²) in [5, 5.41) is 0. The van der Waals surface area contributed by atoms with Crippen molar-refractivity contribution in [1.29, 1.82) is 0 Å². The molecule has 0 atom stereocenters. The number of aromatic nitrogens is 2. The fraction of sp³-hybridized carbons (Fsp3) is 0.714. The Kier molecular flexibility index (Phi) is 5.96. The zero-order valence-corrected chi connectivity index (χ0v) is 13.0. The van der Waals surface area contributed by atoms with Crippen molar-refractivity contribution in [2.75, 3.05) is 19.6 Å². The minimum Gasteiger partial charge on any atom is -0.347 e. The summed E-state index contributed by atoms with van der Waals surface area (Å²) in [7, 11) is 0. The second-order valence-corrected chi connectivity index (χ2v) is 5.35. The number of hydrogen-bond donors (Lipinski definition) is 1. The predicted molar refractivity (Wildman–Crippen MR) is 79.7 cm³/mol. The van der Waals surface area contributed by atoms with Crippen LogP contribution in [0.1, 0.15) is 50.7 Å². The number of nitrogens with one attached hydrogen (secondary N) is 1. The third-order valence-corrected chi connectivity index (χ3v) is 3.65. The first-order chi connectivity index (χ1) is 8.49. The molecular weight excluding hydrogens is 242 g/mol. The molecule has 0 unspecified atom stereocenters. The van der Waals surface area contributed by atoms with Gasteiger partial charge in [0, 0.05) is 24.2 Å². The molecule has 0 aliphatic rings. The summed E-state index contributed by atoms with van der Waals surface area (Å²) in [6, 6.07) is 0. The highest BCUT2D eigenvalue weighted by atomic mass is 32.1. The summed E-state index contributed by atoms with van der Waals surface area (Å²) in [5.74, 6) is 1.44. The molecule has 0 saturated heterocycles. The number of likely N-dealkylation sites (N-methyl/N-ethyl adjacent to an activating group) is 1. The molecule has 1 rings (SSSR count). The molecule has 1 heterocycles. The largest absolute Gasteiger partial charge is 0.347 e. The Bertz CT molecular complexity index is 433. The van der Waals surface area contributed by atoms with Crippen LogP contribution in [-0.4, -0.2) is 34.5 Å². The molecule has 1 N–H and O–H groups in total. The zero-order valence-electron chi connectivity index (χ0n) is 12.2. The van der Waals surface area contributed by atoms with Crippen LogP contribution in [0.4, 0.5) is 0 Å².